The van der Waals surface area contributed by atoms with E-state index < -0.39 is 6.36 Å². The van der Waals surface area contributed by atoms with Gasteiger partial charge in [0, 0.05) is 6.04 Å². The number of halogens is 3. The van der Waals surface area contributed by atoms with Crippen LogP contribution in [0.5, 0.6) is 5.75 Å². The van der Waals surface area contributed by atoms with E-state index in [-0.39, 0.29) is 5.75 Å². The van der Waals surface area contributed by atoms with Gasteiger partial charge >= 0.3 is 6.36 Å². The van der Waals surface area contributed by atoms with Crippen molar-refractivity contribution in [2.45, 2.75) is 38.6 Å². The second kappa shape index (κ2) is 5.41. The molecule has 0 spiro atoms. The molecule has 1 aliphatic carbocycles. The Bertz CT molecular complexity index is 431. The molecule has 0 amide bonds. The fraction of sp³-hybridized carbons (Fsp3) is 0.571. The number of alkyl halides is 3. The number of ether oxygens (including phenoxy) is 1. The highest BCUT2D eigenvalue weighted by Gasteiger charge is 2.38. The third kappa shape index (κ3) is 4.42. The molecule has 19 heavy (non-hydrogen) atoms. The van der Waals surface area contributed by atoms with Gasteiger partial charge in [-0.05, 0) is 42.5 Å². The van der Waals surface area contributed by atoms with Gasteiger partial charge in [0.15, 0.2) is 0 Å². The lowest BCUT2D eigenvalue weighted by Gasteiger charge is -2.10. The first-order chi connectivity index (χ1) is 8.85. The van der Waals surface area contributed by atoms with Crippen molar-refractivity contribution in [2.24, 2.45) is 5.92 Å². The van der Waals surface area contributed by atoms with Crippen molar-refractivity contribution in [3.05, 3.63) is 29.8 Å². The second-order valence-electron chi connectivity index (χ2n) is 5.29. The fourth-order valence-electron chi connectivity index (χ4n) is 2.21. The molecule has 1 aliphatic rings. The molecule has 1 N–H and O–H groups in total. The van der Waals surface area contributed by atoms with Gasteiger partial charge in [-0.15, -0.1) is 13.2 Å². The number of benzene rings is 1. The zero-order valence-corrected chi connectivity index (χ0v) is 11.0. The second-order valence-corrected chi connectivity index (χ2v) is 5.29. The highest BCUT2D eigenvalue weighted by atomic mass is 19.4. The highest BCUT2D eigenvalue weighted by Crippen LogP contribution is 2.47. The SMILES string of the molecule is CC(C)NCC1CC1c1cccc(OC(F)(F)F)c1. The molecule has 0 aromatic heterocycles. The molecule has 0 radical (unpaired) electrons. The van der Waals surface area contributed by atoms with Crippen LogP contribution in [-0.2, 0) is 0 Å². The molecule has 1 aromatic carbocycles. The summed E-state index contributed by atoms with van der Waals surface area (Å²) < 4.78 is 40.4. The Morgan fingerprint density at radius 3 is 2.74 bits per heavy atom. The van der Waals surface area contributed by atoms with Crippen molar-refractivity contribution in [3.63, 3.8) is 0 Å². The van der Waals surface area contributed by atoms with Crippen LogP contribution in [0.15, 0.2) is 24.3 Å². The zero-order chi connectivity index (χ0) is 14.0. The van der Waals surface area contributed by atoms with Gasteiger partial charge in [0.25, 0.3) is 0 Å². The topological polar surface area (TPSA) is 21.3 Å². The maximum absolute atomic E-state index is 12.1. The van der Waals surface area contributed by atoms with E-state index in [1.54, 1.807) is 6.07 Å². The molecule has 1 aromatic rings. The van der Waals surface area contributed by atoms with Gasteiger partial charge in [-0.2, -0.15) is 0 Å². The molecule has 0 heterocycles. The Hall–Kier alpha value is -1.23. The fourth-order valence-corrected chi connectivity index (χ4v) is 2.21. The third-order valence-corrected chi connectivity index (χ3v) is 3.23. The van der Waals surface area contributed by atoms with E-state index >= 15 is 0 Å². The largest absolute Gasteiger partial charge is 0.573 e. The lowest BCUT2D eigenvalue weighted by Crippen LogP contribution is -2.25. The molecule has 2 rings (SSSR count). The number of hydrogen-bond acceptors (Lipinski definition) is 2. The monoisotopic (exact) mass is 273 g/mol. The van der Waals surface area contributed by atoms with Crippen LogP contribution in [0.4, 0.5) is 13.2 Å². The molecule has 5 heteroatoms. The maximum Gasteiger partial charge on any atom is 0.573 e. The van der Waals surface area contributed by atoms with Gasteiger partial charge in [0.05, 0.1) is 0 Å². The molecule has 2 atom stereocenters. The quantitative estimate of drug-likeness (QED) is 0.883. The number of nitrogens with one attached hydrogen (secondary N) is 1. The molecular formula is C14H18F3NO. The Kier molecular flexibility index (Phi) is 4.04. The Morgan fingerprint density at radius 2 is 2.11 bits per heavy atom. The average Bonchev–Trinajstić information content (AvgIpc) is 3.03. The Labute approximate surface area is 111 Å². The van der Waals surface area contributed by atoms with E-state index in [1.807, 2.05) is 6.07 Å². The summed E-state index contributed by atoms with van der Waals surface area (Å²) in [6, 6.07) is 6.74. The van der Waals surface area contributed by atoms with Crippen molar-refractivity contribution in [1.82, 2.24) is 5.32 Å². The van der Waals surface area contributed by atoms with E-state index in [0.29, 0.717) is 17.9 Å². The van der Waals surface area contributed by atoms with Crippen LogP contribution in [0.2, 0.25) is 0 Å². The molecular weight excluding hydrogens is 255 g/mol. The zero-order valence-electron chi connectivity index (χ0n) is 11.0. The van der Waals surface area contributed by atoms with Gasteiger partial charge in [-0.3, -0.25) is 0 Å². The van der Waals surface area contributed by atoms with Gasteiger partial charge < -0.3 is 10.1 Å². The van der Waals surface area contributed by atoms with Crippen LogP contribution in [0, 0.1) is 5.92 Å². The first kappa shape index (κ1) is 14.2. The molecule has 0 bridgehead atoms. The first-order valence-electron chi connectivity index (χ1n) is 6.44. The molecule has 2 unspecified atom stereocenters. The van der Waals surface area contributed by atoms with E-state index in [2.05, 4.69) is 23.9 Å². The minimum atomic E-state index is -4.62. The maximum atomic E-state index is 12.1. The summed E-state index contributed by atoms with van der Waals surface area (Å²) in [7, 11) is 0. The lowest BCUT2D eigenvalue weighted by atomic mass is 10.1. The first-order valence-corrected chi connectivity index (χ1v) is 6.44. The van der Waals surface area contributed by atoms with Crippen LogP contribution in [-0.4, -0.2) is 18.9 Å². The van der Waals surface area contributed by atoms with Gasteiger partial charge in [0.2, 0.25) is 0 Å². The van der Waals surface area contributed by atoms with E-state index in [4.69, 9.17) is 0 Å². The van der Waals surface area contributed by atoms with E-state index in [0.717, 1.165) is 18.5 Å². The van der Waals surface area contributed by atoms with Crippen LogP contribution in [0.3, 0.4) is 0 Å². The summed E-state index contributed by atoms with van der Waals surface area (Å²) in [6.07, 6.45) is -3.60. The standard InChI is InChI=1S/C14H18F3NO/c1-9(2)18-8-11-7-13(11)10-4-3-5-12(6-10)19-14(15,16)17/h3-6,9,11,13,18H,7-8H2,1-2H3. The predicted molar refractivity (Wildman–Crippen MR) is 67.1 cm³/mol. The summed E-state index contributed by atoms with van der Waals surface area (Å²) in [6.45, 7) is 5.07. The van der Waals surface area contributed by atoms with E-state index in [1.165, 1.54) is 12.1 Å². The molecule has 2 nitrogen and oxygen atoms in total. The predicted octanol–water partition coefficient (Wildman–Crippen LogP) is 3.69. The van der Waals surface area contributed by atoms with Crippen molar-refractivity contribution >= 4 is 0 Å². The summed E-state index contributed by atoms with van der Waals surface area (Å²) in [5.41, 5.74) is 0.928. The minimum Gasteiger partial charge on any atom is -0.406 e. The number of hydrogen-bond donors (Lipinski definition) is 1. The van der Waals surface area contributed by atoms with Gasteiger partial charge in [0.1, 0.15) is 5.75 Å². The van der Waals surface area contributed by atoms with Crippen LogP contribution >= 0.6 is 0 Å². The average molecular weight is 273 g/mol. The van der Waals surface area contributed by atoms with Gasteiger partial charge in [-0.25, -0.2) is 0 Å². The van der Waals surface area contributed by atoms with Crippen molar-refractivity contribution < 1.29 is 17.9 Å². The summed E-state index contributed by atoms with van der Waals surface area (Å²) in [4.78, 5) is 0. The molecule has 0 aliphatic heterocycles. The van der Waals surface area contributed by atoms with Crippen molar-refractivity contribution in [2.75, 3.05) is 6.54 Å². The minimum absolute atomic E-state index is 0.132. The highest BCUT2D eigenvalue weighted by molar-refractivity contribution is 5.34. The molecule has 0 saturated heterocycles. The molecule has 1 fully saturated rings. The smallest absolute Gasteiger partial charge is 0.406 e. The van der Waals surface area contributed by atoms with E-state index in [9.17, 15) is 13.2 Å². The van der Waals surface area contributed by atoms with Crippen LogP contribution in [0.25, 0.3) is 0 Å². The third-order valence-electron chi connectivity index (χ3n) is 3.23. The summed E-state index contributed by atoms with van der Waals surface area (Å²) >= 11 is 0. The summed E-state index contributed by atoms with van der Waals surface area (Å²) in [5, 5.41) is 3.35. The van der Waals surface area contributed by atoms with Crippen molar-refractivity contribution in [3.8, 4) is 5.75 Å². The Morgan fingerprint density at radius 1 is 1.37 bits per heavy atom. The molecule has 106 valence electrons. The van der Waals surface area contributed by atoms with Crippen LogP contribution < -0.4 is 10.1 Å². The normalized spacial score (nSPS) is 22.6. The van der Waals surface area contributed by atoms with Crippen LogP contribution in [0.1, 0.15) is 31.7 Å². The number of rotatable bonds is 5. The molecule has 1 saturated carbocycles. The lowest BCUT2D eigenvalue weighted by molar-refractivity contribution is -0.274. The Balaban J connectivity index is 1.94. The summed E-state index contributed by atoms with van der Waals surface area (Å²) in [5.74, 6) is 0.735. The van der Waals surface area contributed by atoms with Crippen molar-refractivity contribution in [1.29, 1.82) is 0 Å². The van der Waals surface area contributed by atoms with Gasteiger partial charge in [-0.1, -0.05) is 26.0 Å².